The van der Waals surface area contributed by atoms with Crippen molar-refractivity contribution in [2.75, 3.05) is 19.5 Å². The van der Waals surface area contributed by atoms with Gasteiger partial charge in [0.2, 0.25) is 5.88 Å². The lowest BCUT2D eigenvalue weighted by Gasteiger charge is -2.15. The van der Waals surface area contributed by atoms with Crippen LogP contribution in [-0.2, 0) is 0 Å². The first-order valence-electron chi connectivity index (χ1n) is 6.36. The molecule has 5 heteroatoms. The number of benzene rings is 1. The molecular weight excluding hydrogens is 254 g/mol. The Labute approximate surface area is 119 Å². The number of nitrogens with zero attached hydrogens (tertiary/aromatic N) is 2. The van der Waals surface area contributed by atoms with E-state index in [-0.39, 0.29) is 0 Å². The summed E-state index contributed by atoms with van der Waals surface area (Å²) >= 11 is 0. The third-order valence-corrected chi connectivity index (χ3v) is 3.12. The van der Waals surface area contributed by atoms with Crippen molar-refractivity contribution in [3.8, 4) is 11.6 Å². The van der Waals surface area contributed by atoms with Gasteiger partial charge in [0.15, 0.2) is 0 Å². The van der Waals surface area contributed by atoms with Crippen LogP contribution in [0.5, 0.6) is 11.6 Å². The van der Waals surface area contributed by atoms with E-state index in [0.717, 1.165) is 22.6 Å². The van der Waals surface area contributed by atoms with E-state index in [2.05, 4.69) is 15.3 Å². The van der Waals surface area contributed by atoms with Crippen molar-refractivity contribution in [1.82, 2.24) is 9.97 Å². The third kappa shape index (κ3) is 2.82. The van der Waals surface area contributed by atoms with Crippen molar-refractivity contribution in [3.63, 3.8) is 0 Å². The molecule has 0 atom stereocenters. The maximum Gasteiger partial charge on any atom is 0.218 e. The molecule has 1 heterocycles. The van der Waals surface area contributed by atoms with E-state index in [1.54, 1.807) is 20.3 Å². The molecule has 0 fully saturated rings. The number of nitrogens with one attached hydrogen (secondary N) is 1. The number of rotatable bonds is 4. The maximum atomic E-state index is 5.35. The average molecular weight is 273 g/mol. The van der Waals surface area contributed by atoms with Gasteiger partial charge in [-0.05, 0) is 32.4 Å². The van der Waals surface area contributed by atoms with E-state index < -0.39 is 0 Å². The highest BCUT2D eigenvalue weighted by Gasteiger charge is 2.10. The number of aromatic nitrogens is 2. The Morgan fingerprint density at radius 3 is 2.40 bits per heavy atom. The lowest BCUT2D eigenvalue weighted by atomic mass is 10.1. The highest BCUT2D eigenvalue weighted by molar-refractivity contribution is 5.68. The Morgan fingerprint density at radius 1 is 1.00 bits per heavy atom. The molecule has 1 aromatic carbocycles. The van der Waals surface area contributed by atoms with Gasteiger partial charge >= 0.3 is 0 Å². The highest BCUT2D eigenvalue weighted by atomic mass is 16.5. The number of hydrogen-bond donors (Lipinski definition) is 1. The number of methoxy groups -OCH3 is 2. The first-order chi connectivity index (χ1) is 9.55. The Hall–Kier alpha value is -2.30. The average Bonchev–Trinajstić information content (AvgIpc) is 2.43. The van der Waals surface area contributed by atoms with Crippen molar-refractivity contribution in [3.05, 3.63) is 35.2 Å². The molecule has 1 N–H and O–H groups in total. The smallest absolute Gasteiger partial charge is 0.218 e. The second-order valence-corrected chi connectivity index (χ2v) is 4.55. The summed E-state index contributed by atoms with van der Waals surface area (Å²) in [5, 5.41) is 3.32. The molecule has 0 unspecified atom stereocenters. The molecule has 2 rings (SSSR count). The first kappa shape index (κ1) is 14.1. The van der Waals surface area contributed by atoms with Crippen molar-refractivity contribution in [1.29, 1.82) is 0 Å². The minimum atomic E-state index is 0.540. The predicted molar refractivity (Wildman–Crippen MR) is 79.1 cm³/mol. The van der Waals surface area contributed by atoms with Crippen LogP contribution in [0.2, 0.25) is 0 Å². The molecule has 106 valence electrons. The minimum Gasteiger partial charge on any atom is -0.496 e. The van der Waals surface area contributed by atoms with E-state index >= 15 is 0 Å². The molecule has 20 heavy (non-hydrogen) atoms. The summed E-state index contributed by atoms with van der Waals surface area (Å²) in [6, 6.07) is 5.74. The maximum absolute atomic E-state index is 5.35. The molecule has 2 aromatic rings. The molecule has 0 aliphatic heterocycles. The third-order valence-electron chi connectivity index (χ3n) is 3.12. The van der Waals surface area contributed by atoms with Gasteiger partial charge in [-0.3, -0.25) is 0 Å². The van der Waals surface area contributed by atoms with Crippen LogP contribution in [0.4, 0.5) is 11.5 Å². The van der Waals surface area contributed by atoms with E-state index in [1.165, 1.54) is 0 Å². The summed E-state index contributed by atoms with van der Waals surface area (Å²) in [5.74, 6) is 2.74. The predicted octanol–water partition coefficient (Wildman–Crippen LogP) is 3.16. The zero-order valence-corrected chi connectivity index (χ0v) is 12.4. The van der Waals surface area contributed by atoms with Crippen molar-refractivity contribution >= 4 is 11.5 Å². The van der Waals surface area contributed by atoms with E-state index in [4.69, 9.17) is 9.47 Å². The van der Waals surface area contributed by atoms with Gasteiger partial charge in [-0.1, -0.05) is 6.07 Å². The SMILES string of the molecule is COc1cc(Nc2c(C)ccc(OC)c2C)nc(C)n1. The Morgan fingerprint density at radius 2 is 1.75 bits per heavy atom. The zero-order chi connectivity index (χ0) is 14.7. The van der Waals surface area contributed by atoms with Crippen LogP contribution in [0.15, 0.2) is 18.2 Å². The fourth-order valence-electron chi connectivity index (χ4n) is 2.08. The quantitative estimate of drug-likeness (QED) is 0.927. The van der Waals surface area contributed by atoms with Crippen LogP contribution in [0.1, 0.15) is 17.0 Å². The van der Waals surface area contributed by atoms with Gasteiger partial charge in [-0.15, -0.1) is 0 Å². The second-order valence-electron chi connectivity index (χ2n) is 4.55. The van der Waals surface area contributed by atoms with Crippen molar-refractivity contribution in [2.45, 2.75) is 20.8 Å². The van der Waals surface area contributed by atoms with Gasteiger partial charge in [-0.25, -0.2) is 4.98 Å². The summed E-state index contributed by atoms with van der Waals surface area (Å²) < 4.78 is 10.5. The van der Waals surface area contributed by atoms with Gasteiger partial charge in [0.1, 0.15) is 17.4 Å². The Kier molecular flexibility index (Phi) is 4.08. The first-order valence-corrected chi connectivity index (χ1v) is 6.36. The minimum absolute atomic E-state index is 0.540. The number of aryl methyl sites for hydroxylation is 2. The molecule has 1 aromatic heterocycles. The molecule has 0 amide bonds. The number of ether oxygens (including phenoxy) is 2. The largest absolute Gasteiger partial charge is 0.496 e. The van der Waals surface area contributed by atoms with Crippen LogP contribution < -0.4 is 14.8 Å². The monoisotopic (exact) mass is 273 g/mol. The summed E-state index contributed by atoms with van der Waals surface area (Å²) in [6.45, 7) is 5.89. The topological polar surface area (TPSA) is 56.3 Å². The zero-order valence-electron chi connectivity index (χ0n) is 12.4. The fourth-order valence-corrected chi connectivity index (χ4v) is 2.08. The normalized spacial score (nSPS) is 10.2. The highest BCUT2D eigenvalue weighted by Crippen LogP contribution is 2.31. The molecule has 0 bridgehead atoms. The van der Waals surface area contributed by atoms with Crippen LogP contribution >= 0.6 is 0 Å². The Bertz CT molecular complexity index is 627. The fraction of sp³-hybridized carbons (Fsp3) is 0.333. The molecule has 0 spiro atoms. The van der Waals surface area contributed by atoms with Crippen molar-refractivity contribution in [2.24, 2.45) is 0 Å². The van der Waals surface area contributed by atoms with Crippen molar-refractivity contribution < 1.29 is 9.47 Å². The van der Waals surface area contributed by atoms with Crippen LogP contribution in [0.3, 0.4) is 0 Å². The lowest BCUT2D eigenvalue weighted by Crippen LogP contribution is -2.02. The summed E-state index contributed by atoms with van der Waals surface area (Å²) in [4.78, 5) is 8.55. The van der Waals surface area contributed by atoms with Crippen LogP contribution in [-0.4, -0.2) is 24.2 Å². The summed E-state index contributed by atoms with van der Waals surface area (Å²) in [6.07, 6.45) is 0. The number of anilines is 2. The van der Waals surface area contributed by atoms with Crippen LogP contribution in [0, 0.1) is 20.8 Å². The molecule has 0 aliphatic rings. The molecule has 0 aliphatic carbocycles. The van der Waals surface area contributed by atoms with E-state index in [0.29, 0.717) is 17.5 Å². The second kappa shape index (κ2) is 5.77. The van der Waals surface area contributed by atoms with Gasteiger partial charge < -0.3 is 14.8 Å². The van der Waals surface area contributed by atoms with Gasteiger partial charge in [0.05, 0.1) is 14.2 Å². The van der Waals surface area contributed by atoms with Crippen LogP contribution in [0.25, 0.3) is 0 Å². The van der Waals surface area contributed by atoms with Gasteiger partial charge in [0.25, 0.3) is 0 Å². The standard InChI is InChI=1S/C15H19N3O2/c1-9-6-7-12(19-4)10(2)15(9)18-13-8-14(20-5)17-11(3)16-13/h6-8H,1-5H3,(H,16,17,18). The molecule has 5 nitrogen and oxygen atoms in total. The molecule has 0 radical (unpaired) electrons. The molecule has 0 saturated carbocycles. The van der Waals surface area contributed by atoms with Gasteiger partial charge in [-0.2, -0.15) is 4.98 Å². The van der Waals surface area contributed by atoms with Gasteiger partial charge in [0, 0.05) is 17.3 Å². The molecule has 0 saturated heterocycles. The summed E-state index contributed by atoms with van der Waals surface area (Å²) in [5.41, 5.74) is 3.16. The molecular formula is C15H19N3O2. The number of hydrogen-bond acceptors (Lipinski definition) is 5. The Balaban J connectivity index is 2.42. The van der Waals surface area contributed by atoms with E-state index in [9.17, 15) is 0 Å². The van der Waals surface area contributed by atoms with E-state index in [1.807, 2.05) is 32.9 Å². The lowest BCUT2D eigenvalue weighted by molar-refractivity contribution is 0.396. The summed E-state index contributed by atoms with van der Waals surface area (Å²) in [7, 11) is 3.26.